The highest BCUT2D eigenvalue weighted by Gasteiger charge is 2.48. The number of rotatable bonds is 5. The van der Waals surface area contributed by atoms with Gasteiger partial charge in [-0.2, -0.15) is 0 Å². The Labute approximate surface area is 120 Å². The van der Waals surface area contributed by atoms with Crippen LogP contribution in [0.5, 0.6) is 0 Å². The third-order valence-electron chi connectivity index (χ3n) is 3.97. The molecule has 3 nitrogen and oxygen atoms in total. The van der Waals surface area contributed by atoms with E-state index in [-0.39, 0.29) is 5.41 Å². The maximum atomic E-state index is 4.81. The zero-order chi connectivity index (χ0) is 14.0. The van der Waals surface area contributed by atoms with E-state index >= 15 is 0 Å². The number of hydrogen-bond acceptors (Lipinski definition) is 3. The standard InChI is InChI=1S/C17H21N3/c1-3-18-12-15-11-13(2)19-16(20-15)17(9-10-17)14-7-5-4-6-8-14/h4-8,11,18H,3,9-10,12H2,1-2H3. The predicted octanol–water partition coefficient (Wildman–Crippen LogP) is 2.97. The Balaban J connectivity index is 1.96. The quantitative estimate of drug-likeness (QED) is 0.905. The summed E-state index contributed by atoms with van der Waals surface area (Å²) in [6.45, 7) is 5.95. The molecule has 1 N–H and O–H groups in total. The third-order valence-corrected chi connectivity index (χ3v) is 3.97. The Hall–Kier alpha value is -1.74. The molecule has 3 heteroatoms. The van der Waals surface area contributed by atoms with Crippen LogP contribution < -0.4 is 5.32 Å². The van der Waals surface area contributed by atoms with Crippen molar-refractivity contribution in [1.29, 1.82) is 0 Å². The minimum absolute atomic E-state index is 0.0637. The molecule has 0 unspecified atom stereocenters. The number of aromatic nitrogens is 2. The van der Waals surface area contributed by atoms with Gasteiger partial charge in [0, 0.05) is 12.2 Å². The second-order valence-corrected chi connectivity index (χ2v) is 5.55. The van der Waals surface area contributed by atoms with Gasteiger partial charge in [0.05, 0.1) is 11.1 Å². The summed E-state index contributed by atoms with van der Waals surface area (Å²) in [5.74, 6) is 0.997. The molecular formula is C17H21N3. The van der Waals surface area contributed by atoms with Gasteiger partial charge in [-0.15, -0.1) is 0 Å². The topological polar surface area (TPSA) is 37.8 Å². The van der Waals surface area contributed by atoms with Crippen LogP contribution in [0.3, 0.4) is 0 Å². The molecule has 1 saturated carbocycles. The van der Waals surface area contributed by atoms with E-state index in [4.69, 9.17) is 9.97 Å². The van der Waals surface area contributed by atoms with E-state index in [2.05, 4.69) is 55.6 Å². The smallest absolute Gasteiger partial charge is 0.139 e. The van der Waals surface area contributed by atoms with E-state index in [0.717, 1.165) is 43.1 Å². The molecular weight excluding hydrogens is 246 g/mol. The van der Waals surface area contributed by atoms with Crippen LogP contribution in [-0.2, 0) is 12.0 Å². The summed E-state index contributed by atoms with van der Waals surface area (Å²) in [6.07, 6.45) is 2.31. The number of nitrogens with one attached hydrogen (secondary N) is 1. The van der Waals surface area contributed by atoms with Gasteiger partial charge in [-0.25, -0.2) is 9.97 Å². The molecule has 104 valence electrons. The first-order chi connectivity index (χ1) is 9.74. The summed E-state index contributed by atoms with van der Waals surface area (Å²) in [5.41, 5.74) is 3.57. The normalized spacial score (nSPS) is 16.1. The van der Waals surface area contributed by atoms with Crippen molar-refractivity contribution < 1.29 is 0 Å². The van der Waals surface area contributed by atoms with Crippen LogP contribution in [0, 0.1) is 6.92 Å². The molecule has 1 aromatic carbocycles. The van der Waals surface area contributed by atoms with E-state index in [1.807, 2.05) is 0 Å². The highest BCUT2D eigenvalue weighted by molar-refractivity contribution is 5.39. The SMILES string of the molecule is CCNCc1cc(C)nc(C2(c3ccccc3)CC2)n1. The summed E-state index contributed by atoms with van der Waals surface area (Å²) in [5, 5.41) is 3.34. The molecule has 0 amide bonds. The molecule has 20 heavy (non-hydrogen) atoms. The average Bonchev–Trinajstić information content (AvgIpc) is 3.27. The average molecular weight is 267 g/mol. The number of aryl methyl sites for hydroxylation is 1. The summed E-state index contributed by atoms with van der Waals surface area (Å²) >= 11 is 0. The minimum atomic E-state index is 0.0637. The molecule has 3 rings (SSSR count). The van der Waals surface area contributed by atoms with Gasteiger partial charge in [0.25, 0.3) is 0 Å². The van der Waals surface area contributed by atoms with Crippen LogP contribution in [-0.4, -0.2) is 16.5 Å². The fourth-order valence-corrected chi connectivity index (χ4v) is 2.71. The van der Waals surface area contributed by atoms with E-state index in [9.17, 15) is 0 Å². The first-order valence-corrected chi connectivity index (χ1v) is 7.36. The number of hydrogen-bond donors (Lipinski definition) is 1. The monoisotopic (exact) mass is 267 g/mol. The van der Waals surface area contributed by atoms with Crippen molar-refractivity contribution in [2.75, 3.05) is 6.54 Å². The van der Waals surface area contributed by atoms with Gasteiger partial charge < -0.3 is 5.32 Å². The van der Waals surface area contributed by atoms with Gasteiger partial charge in [-0.05, 0) is 37.9 Å². The van der Waals surface area contributed by atoms with Gasteiger partial charge in [0.15, 0.2) is 0 Å². The molecule has 0 bridgehead atoms. The Morgan fingerprint density at radius 2 is 1.90 bits per heavy atom. The van der Waals surface area contributed by atoms with Crippen molar-refractivity contribution in [3.05, 3.63) is 59.2 Å². The van der Waals surface area contributed by atoms with Gasteiger partial charge in [-0.3, -0.25) is 0 Å². The largest absolute Gasteiger partial charge is 0.311 e. The minimum Gasteiger partial charge on any atom is -0.311 e. The molecule has 0 radical (unpaired) electrons. The van der Waals surface area contributed by atoms with Gasteiger partial charge in [0.2, 0.25) is 0 Å². The van der Waals surface area contributed by atoms with Crippen LogP contribution in [0.2, 0.25) is 0 Å². The van der Waals surface area contributed by atoms with Gasteiger partial charge >= 0.3 is 0 Å². The van der Waals surface area contributed by atoms with Gasteiger partial charge in [0.1, 0.15) is 5.82 Å². The maximum absolute atomic E-state index is 4.81. The molecule has 1 heterocycles. The summed E-state index contributed by atoms with van der Waals surface area (Å²) < 4.78 is 0. The highest BCUT2D eigenvalue weighted by Crippen LogP contribution is 2.52. The molecule has 1 aliphatic carbocycles. The lowest BCUT2D eigenvalue weighted by Crippen LogP contribution is -2.18. The van der Waals surface area contributed by atoms with E-state index in [0.29, 0.717) is 0 Å². The molecule has 2 aromatic rings. The first kappa shape index (κ1) is 13.3. The predicted molar refractivity (Wildman–Crippen MR) is 80.6 cm³/mol. The Kier molecular flexibility index (Phi) is 3.53. The molecule has 0 aliphatic heterocycles. The fourth-order valence-electron chi connectivity index (χ4n) is 2.71. The van der Waals surface area contributed by atoms with Crippen LogP contribution in [0.4, 0.5) is 0 Å². The molecule has 0 saturated heterocycles. The van der Waals surface area contributed by atoms with Crippen molar-refractivity contribution in [1.82, 2.24) is 15.3 Å². The van der Waals surface area contributed by atoms with E-state index in [1.54, 1.807) is 0 Å². The lowest BCUT2D eigenvalue weighted by atomic mass is 9.95. The van der Waals surface area contributed by atoms with Crippen molar-refractivity contribution in [3.8, 4) is 0 Å². The van der Waals surface area contributed by atoms with Crippen molar-refractivity contribution in [2.24, 2.45) is 0 Å². The second kappa shape index (κ2) is 5.33. The third kappa shape index (κ3) is 2.46. The maximum Gasteiger partial charge on any atom is 0.139 e. The molecule has 0 spiro atoms. The lowest BCUT2D eigenvalue weighted by molar-refractivity contribution is 0.678. The zero-order valence-electron chi connectivity index (χ0n) is 12.2. The summed E-state index contributed by atoms with van der Waals surface area (Å²) in [6, 6.07) is 12.7. The van der Waals surface area contributed by atoms with Crippen LogP contribution in [0.1, 0.15) is 42.5 Å². The Morgan fingerprint density at radius 3 is 2.55 bits per heavy atom. The van der Waals surface area contributed by atoms with Crippen LogP contribution in [0.15, 0.2) is 36.4 Å². The second-order valence-electron chi connectivity index (χ2n) is 5.55. The number of benzene rings is 1. The summed E-state index contributed by atoms with van der Waals surface area (Å²) in [4.78, 5) is 9.52. The van der Waals surface area contributed by atoms with E-state index < -0.39 is 0 Å². The number of nitrogens with zero attached hydrogens (tertiary/aromatic N) is 2. The van der Waals surface area contributed by atoms with Crippen molar-refractivity contribution in [2.45, 2.75) is 38.6 Å². The molecule has 1 aromatic heterocycles. The molecule has 0 atom stereocenters. The van der Waals surface area contributed by atoms with Crippen molar-refractivity contribution in [3.63, 3.8) is 0 Å². The van der Waals surface area contributed by atoms with Crippen LogP contribution in [0.25, 0.3) is 0 Å². The Bertz CT molecular complexity index is 588. The summed E-state index contributed by atoms with van der Waals surface area (Å²) in [7, 11) is 0. The van der Waals surface area contributed by atoms with Gasteiger partial charge in [-0.1, -0.05) is 37.3 Å². The van der Waals surface area contributed by atoms with E-state index in [1.165, 1.54) is 5.56 Å². The van der Waals surface area contributed by atoms with Crippen LogP contribution >= 0.6 is 0 Å². The Morgan fingerprint density at radius 1 is 1.15 bits per heavy atom. The molecule has 1 aliphatic rings. The first-order valence-electron chi connectivity index (χ1n) is 7.36. The lowest BCUT2D eigenvalue weighted by Gasteiger charge is -2.16. The van der Waals surface area contributed by atoms with Crippen molar-refractivity contribution >= 4 is 0 Å². The zero-order valence-corrected chi connectivity index (χ0v) is 12.2. The molecule has 1 fully saturated rings. The fraction of sp³-hybridized carbons (Fsp3) is 0.412. The highest BCUT2D eigenvalue weighted by atomic mass is 15.0.